The molecule has 1 amide bonds. The van der Waals surface area contributed by atoms with Crippen molar-refractivity contribution in [2.75, 3.05) is 29.9 Å². The minimum Gasteiger partial charge on any atom is -0.449 e. The van der Waals surface area contributed by atoms with Crippen LogP contribution in [0.1, 0.15) is 59.3 Å². The molecular weight excluding hydrogens is 428 g/mol. The third kappa shape index (κ3) is 6.86. The second kappa shape index (κ2) is 12.8. The van der Waals surface area contributed by atoms with Crippen LogP contribution in [-0.2, 0) is 4.74 Å². The van der Waals surface area contributed by atoms with Crippen LogP contribution in [0, 0.1) is 0 Å². The quantitative estimate of drug-likeness (QED) is 0.226. The number of ether oxygens (including phenoxy) is 1. The second-order valence-corrected chi connectivity index (χ2v) is 8.45. The molecule has 0 aliphatic rings. The van der Waals surface area contributed by atoms with Crippen molar-refractivity contribution in [3.8, 4) is 11.1 Å². The van der Waals surface area contributed by atoms with Gasteiger partial charge in [0.1, 0.15) is 5.58 Å². The summed E-state index contributed by atoms with van der Waals surface area (Å²) in [6.07, 6.45) is 6.40. The minimum atomic E-state index is -0.462. The number of hydrogen-bond donors (Lipinski definition) is 1. The Kier molecular flexibility index (Phi) is 9.56. The maximum atomic E-state index is 12.7. The first-order valence-corrected chi connectivity index (χ1v) is 12.4. The fourth-order valence-electron chi connectivity index (χ4n) is 4.02. The fraction of sp³-hybridized carbons (Fsp3) is 0.429. The molecule has 2 aromatic carbocycles. The van der Waals surface area contributed by atoms with Gasteiger partial charge in [0, 0.05) is 35.9 Å². The molecule has 34 heavy (non-hydrogen) atoms. The molecule has 0 fully saturated rings. The van der Waals surface area contributed by atoms with Crippen LogP contribution in [0.3, 0.4) is 0 Å². The first-order valence-electron chi connectivity index (χ1n) is 12.4. The van der Waals surface area contributed by atoms with Gasteiger partial charge in [-0.05, 0) is 56.2 Å². The van der Waals surface area contributed by atoms with E-state index in [4.69, 9.17) is 9.15 Å². The van der Waals surface area contributed by atoms with Crippen molar-refractivity contribution in [1.82, 2.24) is 0 Å². The van der Waals surface area contributed by atoms with Gasteiger partial charge in [-0.3, -0.25) is 5.32 Å². The van der Waals surface area contributed by atoms with Crippen LogP contribution in [0.4, 0.5) is 16.2 Å². The highest BCUT2D eigenvalue weighted by Gasteiger charge is 2.11. The minimum absolute atomic E-state index is 0.386. The zero-order valence-electron chi connectivity index (χ0n) is 20.6. The van der Waals surface area contributed by atoms with E-state index >= 15 is 0 Å². The summed E-state index contributed by atoms with van der Waals surface area (Å²) in [5.41, 5.74) is 3.06. The van der Waals surface area contributed by atoms with E-state index in [-0.39, 0.29) is 5.63 Å². The van der Waals surface area contributed by atoms with Gasteiger partial charge in [-0.15, -0.1) is 0 Å². The van der Waals surface area contributed by atoms with Crippen LogP contribution in [0.15, 0.2) is 57.7 Å². The van der Waals surface area contributed by atoms with Crippen LogP contribution in [0.5, 0.6) is 0 Å². The molecule has 0 saturated carbocycles. The lowest BCUT2D eigenvalue weighted by Gasteiger charge is -2.21. The molecule has 6 nitrogen and oxygen atoms in total. The molecule has 0 aliphatic carbocycles. The third-order valence-electron chi connectivity index (χ3n) is 6.02. The highest BCUT2D eigenvalue weighted by atomic mass is 16.5. The summed E-state index contributed by atoms with van der Waals surface area (Å²) in [5.74, 6) is 0. The molecule has 0 atom stereocenters. The number of rotatable bonds is 12. The molecular formula is C28H36N2O4. The lowest BCUT2D eigenvalue weighted by molar-refractivity contribution is 0.159. The standard InChI is InChI=1S/C28H36N2O4/c1-4-7-8-9-10-11-18-33-28(32)29-23-15-12-21(13-16-23)25-19-22-14-17-24(30(5-2)6-3)20-26(22)34-27(25)31/h12-17,19-20H,4-11,18H2,1-3H3,(H,29,32). The molecule has 0 unspecified atom stereocenters. The predicted molar refractivity (Wildman–Crippen MR) is 140 cm³/mol. The van der Waals surface area contributed by atoms with E-state index in [1.165, 1.54) is 25.7 Å². The van der Waals surface area contributed by atoms with E-state index < -0.39 is 6.09 Å². The Morgan fingerprint density at radius 1 is 0.912 bits per heavy atom. The van der Waals surface area contributed by atoms with Gasteiger partial charge in [0.2, 0.25) is 0 Å². The van der Waals surface area contributed by atoms with Crippen molar-refractivity contribution in [2.45, 2.75) is 59.3 Å². The van der Waals surface area contributed by atoms with Crippen molar-refractivity contribution < 1.29 is 13.9 Å². The summed E-state index contributed by atoms with van der Waals surface area (Å²) in [6.45, 7) is 8.58. The molecule has 1 heterocycles. The van der Waals surface area contributed by atoms with Gasteiger partial charge in [-0.25, -0.2) is 9.59 Å². The fourth-order valence-corrected chi connectivity index (χ4v) is 4.02. The molecule has 1 N–H and O–H groups in total. The number of fused-ring (bicyclic) bond motifs is 1. The first-order chi connectivity index (χ1) is 16.5. The Morgan fingerprint density at radius 3 is 2.32 bits per heavy atom. The van der Waals surface area contributed by atoms with Gasteiger partial charge in [0.25, 0.3) is 0 Å². The van der Waals surface area contributed by atoms with E-state index in [9.17, 15) is 9.59 Å². The van der Waals surface area contributed by atoms with E-state index in [0.29, 0.717) is 23.4 Å². The van der Waals surface area contributed by atoms with Gasteiger partial charge in [0.15, 0.2) is 0 Å². The molecule has 182 valence electrons. The summed E-state index contributed by atoms with van der Waals surface area (Å²) < 4.78 is 10.9. The molecule has 3 rings (SSSR count). The molecule has 3 aromatic rings. The monoisotopic (exact) mass is 464 g/mol. The first kappa shape index (κ1) is 25.3. The van der Waals surface area contributed by atoms with E-state index in [0.717, 1.165) is 42.6 Å². The van der Waals surface area contributed by atoms with Crippen molar-refractivity contribution >= 4 is 28.4 Å². The number of carbonyl (C=O) groups is 1. The summed E-state index contributed by atoms with van der Waals surface area (Å²) in [7, 11) is 0. The van der Waals surface area contributed by atoms with Crippen LogP contribution in [-0.4, -0.2) is 25.8 Å². The maximum Gasteiger partial charge on any atom is 0.411 e. The summed E-state index contributed by atoms with van der Waals surface area (Å²) in [4.78, 5) is 26.9. The van der Waals surface area contributed by atoms with Gasteiger partial charge in [-0.1, -0.05) is 51.2 Å². The number of nitrogens with zero attached hydrogens (tertiary/aromatic N) is 1. The van der Waals surface area contributed by atoms with E-state index in [1.54, 1.807) is 24.3 Å². The number of carbonyl (C=O) groups excluding carboxylic acids is 1. The van der Waals surface area contributed by atoms with E-state index in [1.807, 2.05) is 24.3 Å². The zero-order valence-corrected chi connectivity index (χ0v) is 20.6. The van der Waals surface area contributed by atoms with Crippen LogP contribution < -0.4 is 15.8 Å². The average molecular weight is 465 g/mol. The number of hydrogen-bond acceptors (Lipinski definition) is 5. The van der Waals surface area contributed by atoms with Gasteiger partial charge < -0.3 is 14.1 Å². The van der Waals surface area contributed by atoms with Gasteiger partial charge in [-0.2, -0.15) is 0 Å². The van der Waals surface area contributed by atoms with Gasteiger partial charge >= 0.3 is 11.7 Å². The number of benzene rings is 2. The number of amides is 1. The van der Waals surface area contributed by atoms with Crippen molar-refractivity contribution in [2.24, 2.45) is 0 Å². The van der Waals surface area contributed by atoms with Crippen molar-refractivity contribution in [3.05, 3.63) is 59.0 Å². The highest BCUT2D eigenvalue weighted by Crippen LogP contribution is 2.26. The summed E-state index contributed by atoms with van der Waals surface area (Å²) in [5, 5.41) is 3.60. The molecule has 0 bridgehead atoms. The lowest BCUT2D eigenvalue weighted by Crippen LogP contribution is -2.21. The SMILES string of the molecule is CCCCCCCCOC(=O)Nc1ccc(-c2cc3ccc(N(CC)CC)cc3oc2=O)cc1. The Labute approximate surface area is 201 Å². The van der Waals surface area contributed by atoms with Crippen LogP contribution in [0.25, 0.3) is 22.1 Å². The predicted octanol–water partition coefficient (Wildman–Crippen LogP) is 7.22. The number of unbranched alkanes of at least 4 members (excludes halogenated alkanes) is 5. The molecule has 0 aliphatic heterocycles. The molecule has 0 radical (unpaired) electrons. The Morgan fingerprint density at radius 2 is 1.62 bits per heavy atom. The van der Waals surface area contributed by atoms with Crippen LogP contribution in [0.2, 0.25) is 0 Å². The average Bonchev–Trinajstić information content (AvgIpc) is 2.84. The number of nitrogens with one attached hydrogen (secondary N) is 1. The zero-order chi connectivity index (χ0) is 24.3. The maximum absolute atomic E-state index is 12.7. The normalized spacial score (nSPS) is 10.9. The van der Waals surface area contributed by atoms with Crippen molar-refractivity contribution in [1.29, 1.82) is 0 Å². The molecule has 1 aromatic heterocycles. The molecule has 0 spiro atoms. The molecule has 6 heteroatoms. The summed E-state index contributed by atoms with van der Waals surface area (Å²) in [6, 6.07) is 14.9. The Bertz CT molecular complexity index is 1120. The molecule has 0 saturated heterocycles. The van der Waals surface area contributed by atoms with Crippen LogP contribution >= 0.6 is 0 Å². The second-order valence-electron chi connectivity index (χ2n) is 8.45. The lowest BCUT2D eigenvalue weighted by atomic mass is 10.1. The Balaban J connectivity index is 1.61. The smallest absolute Gasteiger partial charge is 0.411 e. The largest absolute Gasteiger partial charge is 0.449 e. The third-order valence-corrected chi connectivity index (χ3v) is 6.02. The van der Waals surface area contributed by atoms with E-state index in [2.05, 4.69) is 31.0 Å². The topological polar surface area (TPSA) is 71.8 Å². The van der Waals surface area contributed by atoms with Gasteiger partial charge in [0.05, 0.1) is 12.2 Å². The summed E-state index contributed by atoms with van der Waals surface area (Å²) >= 11 is 0. The Hall–Kier alpha value is -3.28. The highest BCUT2D eigenvalue weighted by molar-refractivity contribution is 5.86. The number of anilines is 2. The van der Waals surface area contributed by atoms with Crippen molar-refractivity contribution in [3.63, 3.8) is 0 Å².